The Labute approximate surface area is 119 Å². The Hall–Kier alpha value is -1.69. The minimum absolute atomic E-state index is 0.237. The lowest BCUT2D eigenvalue weighted by molar-refractivity contribution is 0.0699. The van der Waals surface area contributed by atoms with Crippen molar-refractivity contribution in [2.24, 2.45) is 0 Å². The third-order valence-corrected chi connectivity index (χ3v) is 4.34. The molecule has 1 aromatic heterocycles. The molecule has 1 aliphatic carbocycles. The maximum absolute atomic E-state index is 11.3. The largest absolute Gasteiger partial charge is 0.478 e. The Morgan fingerprint density at radius 2 is 2.25 bits per heavy atom. The summed E-state index contributed by atoms with van der Waals surface area (Å²) in [5, 5.41) is 9.26. The van der Waals surface area contributed by atoms with Crippen molar-refractivity contribution in [2.75, 3.05) is 12.0 Å². The van der Waals surface area contributed by atoms with Crippen LogP contribution in [-0.2, 0) is 17.3 Å². The molecule has 0 amide bonds. The van der Waals surface area contributed by atoms with E-state index in [2.05, 4.69) is 4.98 Å². The van der Waals surface area contributed by atoms with Crippen LogP contribution < -0.4 is 0 Å². The smallest absolute Gasteiger partial charge is 0.337 e. The minimum atomic E-state index is -0.957. The van der Waals surface area contributed by atoms with Crippen LogP contribution in [-0.4, -0.2) is 36.8 Å². The standard InChI is InChI=1S/C14H16N2O3S/c1-20(19)8-7-16-11-4-2-3-10(14(17)18)12(11)15-13(16)9-5-6-9/h2-4,9H,5-8H2,1H3,(H,17,18). The van der Waals surface area contributed by atoms with Crippen molar-refractivity contribution in [3.63, 3.8) is 0 Å². The van der Waals surface area contributed by atoms with Crippen molar-refractivity contribution in [1.82, 2.24) is 9.55 Å². The molecule has 1 heterocycles. The number of hydrogen-bond donors (Lipinski definition) is 1. The lowest BCUT2D eigenvalue weighted by Gasteiger charge is -2.07. The second kappa shape index (κ2) is 5.01. The summed E-state index contributed by atoms with van der Waals surface area (Å²) in [5.41, 5.74) is 1.61. The number of nitrogens with zero attached hydrogens (tertiary/aromatic N) is 2. The SMILES string of the molecule is CS(=O)CCn1c(C2CC2)nc2c(C(=O)O)cccc21. The molecule has 2 aromatic rings. The van der Waals surface area contributed by atoms with Gasteiger partial charge in [0.05, 0.1) is 11.1 Å². The molecule has 5 nitrogen and oxygen atoms in total. The van der Waals surface area contributed by atoms with Gasteiger partial charge in [-0.15, -0.1) is 0 Å². The molecule has 3 rings (SSSR count). The highest BCUT2D eigenvalue weighted by molar-refractivity contribution is 7.84. The molecular weight excluding hydrogens is 276 g/mol. The third-order valence-electron chi connectivity index (χ3n) is 3.58. The number of para-hydroxylation sites is 1. The molecule has 1 N–H and O–H groups in total. The monoisotopic (exact) mass is 292 g/mol. The molecule has 1 fully saturated rings. The molecule has 1 saturated carbocycles. The molecule has 1 aliphatic rings. The minimum Gasteiger partial charge on any atom is -0.478 e. The van der Waals surface area contributed by atoms with Crippen LogP contribution in [0.4, 0.5) is 0 Å². The third kappa shape index (κ3) is 2.35. The Bertz CT molecular complexity index is 704. The molecule has 0 aliphatic heterocycles. The fourth-order valence-electron chi connectivity index (χ4n) is 2.45. The predicted molar refractivity (Wildman–Crippen MR) is 77.6 cm³/mol. The van der Waals surface area contributed by atoms with Crippen molar-refractivity contribution < 1.29 is 14.1 Å². The zero-order valence-corrected chi connectivity index (χ0v) is 12.0. The normalized spacial score (nSPS) is 16.4. The second-order valence-electron chi connectivity index (χ2n) is 5.15. The Morgan fingerprint density at radius 1 is 1.50 bits per heavy atom. The number of aromatic carboxylic acids is 1. The highest BCUT2D eigenvalue weighted by Crippen LogP contribution is 2.41. The number of fused-ring (bicyclic) bond motifs is 1. The van der Waals surface area contributed by atoms with E-state index in [4.69, 9.17) is 0 Å². The fraction of sp³-hybridized carbons (Fsp3) is 0.429. The first-order valence-corrected chi connectivity index (χ1v) is 8.33. The van der Waals surface area contributed by atoms with Crippen molar-refractivity contribution in [3.8, 4) is 0 Å². The number of benzene rings is 1. The van der Waals surface area contributed by atoms with Gasteiger partial charge in [-0.1, -0.05) is 6.07 Å². The highest BCUT2D eigenvalue weighted by Gasteiger charge is 2.30. The molecule has 0 saturated heterocycles. The summed E-state index contributed by atoms with van der Waals surface area (Å²) in [4.78, 5) is 15.8. The van der Waals surface area contributed by atoms with Crippen LogP contribution in [0.5, 0.6) is 0 Å². The number of carboxylic acids is 1. The van der Waals surface area contributed by atoms with Crippen LogP contribution in [0.3, 0.4) is 0 Å². The number of aryl methyl sites for hydroxylation is 1. The predicted octanol–water partition coefficient (Wildman–Crippen LogP) is 1.99. The van der Waals surface area contributed by atoms with Crippen LogP contribution >= 0.6 is 0 Å². The number of aromatic nitrogens is 2. The van der Waals surface area contributed by atoms with Crippen LogP contribution in [0.25, 0.3) is 11.0 Å². The Kier molecular flexibility index (Phi) is 3.33. The lowest BCUT2D eigenvalue weighted by atomic mass is 10.2. The highest BCUT2D eigenvalue weighted by atomic mass is 32.2. The maximum Gasteiger partial charge on any atom is 0.337 e. The Morgan fingerprint density at radius 3 is 2.85 bits per heavy atom. The number of hydrogen-bond acceptors (Lipinski definition) is 3. The van der Waals surface area contributed by atoms with Crippen molar-refractivity contribution in [2.45, 2.75) is 25.3 Å². The summed E-state index contributed by atoms with van der Waals surface area (Å²) >= 11 is 0. The molecule has 1 unspecified atom stereocenters. The van der Waals surface area contributed by atoms with Crippen molar-refractivity contribution in [3.05, 3.63) is 29.6 Å². The van der Waals surface area contributed by atoms with Gasteiger partial charge >= 0.3 is 5.97 Å². The summed E-state index contributed by atoms with van der Waals surface area (Å²) in [6.45, 7) is 0.620. The van der Waals surface area contributed by atoms with E-state index in [1.165, 1.54) is 0 Å². The number of carboxylic acid groups (broad SMARTS) is 1. The van der Waals surface area contributed by atoms with E-state index in [9.17, 15) is 14.1 Å². The van der Waals surface area contributed by atoms with Crippen molar-refractivity contribution in [1.29, 1.82) is 0 Å². The van der Waals surface area contributed by atoms with E-state index in [0.717, 1.165) is 24.2 Å². The number of carbonyl (C=O) groups is 1. The molecular formula is C14H16N2O3S. The van der Waals surface area contributed by atoms with Gasteiger partial charge in [0.25, 0.3) is 0 Å². The number of imidazole rings is 1. The molecule has 6 heteroatoms. The first-order chi connectivity index (χ1) is 9.58. The van der Waals surface area contributed by atoms with Gasteiger partial charge in [-0.05, 0) is 25.0 Å². The van der Waals surface area contributed by atoms with Crippen LogP contribution in [0, 0.1) is 0 Å². The molecule has 0 bridgehead atoms. The van der Waals surface area contributed by atoms with E-state index in [1.54, 1.807) is 18.4 Å². The zero-order valence-electron chi connectivity index (χ0n) is 11.2. The lowest BCUT2D eigenvalue weighted by Crippen LogP contribution is -2.09. The molecule has 1 atom stereocenters. The van der Waals surface area contributed by atoms with Gasteiger partial charge in [-0.2, -0.15) is 0 Å². The van der Waals surface area contributed by atoms with E-state index in [-0.39, 0.29) is 5.56 Å². The topological polar surface area (TPSA) is 72.2 Å². The average molecular weight is 292 g/mol. The fourth-order valence-corrected chi connectivity index (χ4v) is 2.89. The summed E-state index contributed by atoms with van der Waals surface area (Å²) in [6.07, 6.45) is 3.88. The summed E-state index contributed by atoms with van der Waals surface area (Å²) < 4.78 is 13.4. The van der Waals surface area contributed by atoms with Crippen LogP contribution in [0.2, 0.25) is 0 Å². The summed E-state index contributed by atoms with van der Waals surface area (Å²) in [5.74, 6) is 0.970. The maximum atomic E-state index is 11.3. The van der Waals surface area contributed by atoms with Gasteiger partial charge in [-0.25, -0.2) is 9.78 Å². The Balaban J connectivity index is 2.14. The first-order valence-electron chi connectivity index (χ1n) is 6.60. The summed E-state index contributed by atoms with van der Waals surface area (Å²) in [6, 6.07) is 5.21. The summed E-state index contributed by atoms with van der Waals surface area (Å²) in [7, 11) is -0.873. The van der Waals surface area contributed by atoms with Gasteiger partial charge in [0.15, 0.2) is 0 Å². The molecule has 106 valence electrons. The van der Waals surface area contributed by atoms with E-state index >= 15 is 0 Å². The molecule has 0 radical (unpaired) electrons. The molecule has 1 aromatic carbocycles. The number of rotatable bonds is 5. The van der Waals surface area contributed by atoms with Crippen molar-refractivity contribution >= 4 is 27.8 Å². The van der Waals surface area contributed by atoms with Gasteiger partial charge in [0, 0.05) is 35.3 Å². The van der Waals surface area contributed by atoms with Gasteiger partial charge in [0.1, 0.15) is 11.3 Å². The van der Waals surface area contributed by atoms with Gasteiger partial charge < -0.3 is 9.67 Å². The van der Waals surface area contributed by atoms with E-state index < -0.39 is 16.8 Å². The van der Waals surface area contributed by atoms with Crippen LogP contribution in [0.1, 0.15) is 34.9 Å². The van der Waals surface area contributed by atoms with Gasteiger partial charge in [-0.3, -0.25) is 4.21 Å². The van der Waals surface area contributed by atoms with Gasteiger partial charge in [0.2, 0.25) is 0 Å². The van der Waals surface area contributed by atoms with E-state index in [0.29, 0.717) is 23.7 Å². The van der Waals surface area contributed by atoms with Crippen LogP contribution in [0.15, 0.2) is 18.2 Å². The molecule has 0 spiro atoms. The zero-order chi connectivity index (χ0) is 14.3. The average Bonchev–Trinajstić information content (AvgIpc) is 3.17. The quantitative estimate of drug-likeness (QED) is 0.914. The molecule has 20 heavy (non-hydrogen) atoms. The van der Waals surface area contributed by atoms with E-state index in [1.807, 2.05) is 10.6 Å². The first kappa shape index (κ1) is 13.3. The second-order valence-corrected chi connectivity index (χ2v) is 6.71.